The molecule has 8 nitrogen and oxygen atoms in total. The molecule has 1 N–H and O–H groups in total. The molecule has 9 heteroatoms. The summed E-state index contributed by atoms with van der Waals surface area (Å²) in [6, 6.07) is 21.4. The summed E-state index contributed by atoms with van der Waals surface area (Å²) in [7, 11) is 3.39. The number of pyridine rings is 2. The van der Waals surface area contributed by atoms with E-state index in [-0.39, 0.29) is 5.56 Å². The Morgan fingerprint density at radius 2 is 1.64 bits per heavy atom. The van der Waals surface area contributed by atoms with Crippen LogP contribution in [-0.2, 0) is 22.0 Å². The van der Waals surface area contributed by atoms with Gasteiger partial charge < -0.3 is 23.6 Å². The second-order valence-electron chi connectivity index (χ2n) is 9.88. The Labute approximate surface area is 228 Å². The van der Waals surface area contributed by atoms with Crippen LogP contribution in [0.1, 0.15) is 16.8 Å². The lowest BCUT2D eigenvalue weighted by molar-refractivity contribution is 0.0550. The molecule has 1 atom stereocenters. The Kier molecular flexibility index (Phi) is 8.19. The van der Waals surface area contributed by atoms with Crippen molar-refractivity contribution in [3.05, 3.63) is 113 Å². The van der Waals surface area contributed by atoms with Crippen molar-refractivity contribution in [3.63, 3.8) is 0 Å². The van der Waals surface area contributed by atoms with Gasteiger partial charge in [0.1, 0.15) is 0 Å². The number of benzene rings is 2. The first-order valence-electron chi connectivity index (χ1n) is 12.3. The van der Waals surface area contributed by atoms with Gasteiger partial charge in [-0.25, -0.2) is 9.97 Å². The number of methoxy groups -OCH3 is 2. The minimum absolute atomic E-state index is 0.0652. The number of fused-ring (bicyclic) bond motifs is 1. The first-order valence-corrected chi connectivity index (χ1v) is 15.4. The molecular formula is C30H33N4O4P. The van der Waals surface area contributed by atoms with E-state index < -0.39 is 12.7 Å². The van der Waals surface area contributed by atoms with Gasteiger partial charge in [0.25, 0.3) is 5.56 Å². The van der Waals surface area contributed by atoms with E-state index in [1.165, 1.54) is 0 Å². The van der Waals surface area contributed by atoms with Crippen LogP contribution < -0.4 is 10.3 Å². The van der Waals surface area contributed by atoms with Crippen LogP contribution in [0.25, 0.3) is 22.0 Å². The predicted octanol–water partition coefficient (Wildman–Crippen LogP) is 5.51. The number of aryl methyl sites for hydroxylation is 1. The number of rotatable bonds is 6. The van der Waals surface area contributed by atoms with E-state index >= 15 is 0 Å². The summed E-state index contributed by atoms with van der Waals surface area (Å²) in [5, 5.41) is 0.938. The molecule has 0 bridgehead atoms. The smallest absolute Gasteiger partial charge is 0.251 e. The first-order chi connectivity index (χ1) is 18.6. The zero-order valence-corrected chi connectivity index (χ0v) is 23.9. The molecule has 0 radical (unpaired) electrons. The molecule has 1 unspecified atom stereocenters. The topological polar surface area (TPSA) is 99.1 Å². The number of H-pyrrole nitrogens is 1. The largest absolute Gasteiger partial charge is 0.481 e. The van der Waals surface area contributed by atoms with E-state index in [1.54, 1.807) is 70.6 Å². The minimum Gasteiger partial charge on any atom is -0.481 e. The Bertz CT molecular complexity index is 1670. The molecule has 39 heavy (non-hydrogen) atoms. The first kappa shape index (κ1) is 28.0. The number of aromatic nitrogens is 4. The highest BCUT2D eigenvalue weighted by molar-refractivity contribution is 7.61. The van der Waals surface area contributed by atoms with Crippen molar-refractivity contribution < 1.29 is 14.0 Å². The molecule has 0 aliphatic heterocycles. The van der Waals surface area contributed by atoms with E-state index in [0.717, 1.165) is 38.9 Å². The lowest BCUT2D eigenvalue weighted by Gasteiger charge is -2.33. The Morgan fingerprint density at radius 3 is 2.26 bits per heavy atom. The Hall–Kier alpha value is -4.00. The highest BCUT2D eigenvalue weighted by atomic mass is 31.2. The number of ether oxygens (including phenoxy) is 2. The molecule has 0 saturated carbocycles. The number of hydrogen-bond acceptors (Lipinski definition) is 6. The molecule has 2 aromatic carbocycles. The molecule has 0 saturated heterocycles. The minimum atomic E-state index is -1.64. The van der Waals surface area contributed by atoms with Crippen LogP contribution in [0.4, 0.5) is 0 Å². The lowest BCUT2D eigenvalue weighted by Crippen LogP contribution is -2.32. The molecule has 3 heterocycles. The van der Waals surface area contributed by atoms with Gasteiger partial charge in [-0.05, 0) is 54.9 Å². The third-order valence-electron chi connectivity index (χ3n) is 6.27. The second-order valence-corrected chi connectivity index (χ2v) is 13.7. The van der Waals surface area contributed by atoms with Gasteiger partial charge in [0.15, 0.2) is 5.60 Å². The molecule has 0 spiro atoms. The maximum atomic E-state index is 12.7. The van der Waals surface area contributed by atoms with Crippen molar-refractivity contribution in [2.45, 2.75) is 5.60 Å². The van der Waals surface area contributed by atoms with Gasteiger partial charge in [0.05, 0.1) is 38.0 Å². The van der Waals surface area contributed by atoms with Crippen molar-refractivity contribution in [1.82, 2.24) is 19.5 Å². The summed E-state index contributed by atoms with van der Waals surface area (Å²) in [6.07, 6.45) is 5.07. The third kappa shape index (κ3) is 5.87. The standard InChI is InChI=1S/C27H24N4O3.C3H9OP/c1-31-23-10-9-19(13-22(23)21(15-26(31)32)18-7-5-4-6-8-18)27(34-3,24-16-28-17-30-24)20-11-12-29-25(14-20)33-2;1-5(2,3)4/h4-17H,1-3H3,(H,28,30);1-3H3. The number of hydrogen-bond donors (Lipinski definition) is 1. The van der Waals surface area contributed by atoms with Crippen LogP contribution in [-0.4, -0.2) is 53.7 Å². The van der Waals surface area contributed by atoms with Gasteiger partial charge in [-0.1, -0.05) is 36.4 Å². The number of aromatic amines is 1. The molecule has 0 aliphatic carbocycles. The number of nitrogens with one attached hydrogen (secondary N) is 1. The number of imidazole rings is 1. The summed E-state index contributed by atoms with van der Waals surface area (Å²) in [5.74, 6) is 0.478. The predicted molar refractivity (Wildman–Crippen MR) is 156 cm³/mol. The Morgan fingerprint density at radius 1 is 0.949 bits per heavy atom. The van der Waals surface area contributed by atoms with E-state index in [4.69, 9.17) is 9.47 Å². The molecule has 5 aromatic rings. The quantitative estimate of drug-likeness (QED) is 0.283. The van der Waals surface area contributed by atoms with Crippen LogP contribution >= 0.6 is 7.14 Å². The van der Waals surface area contributed by atoms with Gasteiger partial charge in [-0.15, -0.1) is 0 Å². The third-order valence-corrected chi connectivity index (χ3v) is 6.27. The van der Waals surface area contributed by atoms with E-state index in [2.05, 4.69) is 21.0 Å². The van der Waals surface area contributed by atoms with Crippen LogP contribution in [0.5, 0.6) is 5.88 Å². The zero-order valence-electron chi connectivity index (χ0n) is 23.0. The van der Waals surface area contributed by atoms with E-state index in [9.17, 15) is 9.36 Å². The van der Waals surface area contributed by atoms with Crippen LogP contribution in [0.3, 0.4) is 0 Å². The zero-order chi connectivity index (χ0) is 28.2. The number of nitrogens with zero attached hydrogens (tertiary/aromatic N) is 3. The fourth-order valence-corrected chi connectivity index (χ4v) is 4.55. The van der Waals surface area contributed by atoms with Crippen molar-refractivity contribution in [3.8, 4) is 17.0 Å². The van der Waals surface area contributed by atoms with Crippen molar-refractivity contribution in [1.29, 1.82) is 0 Å². The maximum absolute atomic E-state index is 12.7. The van der Waals surface area contributed by atoms with Crippen molar-refractivity contribution in [2.75, 3.05) is 34.2 Å². The summed E-state index contributed by atoms with van der Waals surface area (Å²) < 4.78 is 23.5. The summed E-state index contributed by atoms with van der Waals surface area (Å²) in [5.41, 5.74) is 4.05. The highest BCUT2D eigenvalue weighted by Crippen LogP contribution is 2.41. The van der Waals surface area contributed by atoms with Gasteiger partial charge in [0, 0.05) is 43.4 Å². The maximum Gasteiger partial charge on any atom is 0.251 e. The van der Waals surface area contributed by atoms with Gasteiger partial charge in [-0.3, -0.25) is 4.79 Å². The monoisotopic (exact) mass is 544 g/mol. The average molecular weight is 545 g/mol. The average Bonchev–Trinajstić information content (AvgIpc) is 3.46. The van der Waals surface area contributed by atoms with Crippen molar-refractivity contribution >= 4 is 18.0 Å². The van der Waals surface area contributed by atoms with Crippen LogP contribution in [0, 0.1) is 0 Å². The summed E-state index contributed by atoms with van der Waals surface area (Å²) in [4.78, 5) is 24.5. The summed E-state index contributed by atoms with van der Waals surface area (Å²) in [6.45, 7) is 5.23. The molecule has 3 aromatic heterocycles. The van der Waals surface area contributed by atoms with Gasteiger partial charge >= 0.3 is 0 Å². The summed E-state index contributed by atoms with van der Waals surface area (Å²) >= 11 is 0. The molecule has 0 amide bonds. The lowest BCUT2D eigenvalue weighted by atomic mass is 9.82. The van der Waals surface area contributed by atoms with Crippen molar-refractivity contribution in [2.24, 2.45) is 7.05 Å². The fraction of sp³-hybridized carbons (Fsp3) is 0.233. The molecule has 0 aliphatic rings. The molecule has 5 rings (SSSR count). The van der Waals surface area contributed by atoms with Gasteiger partial charge in [-0.2, -0.15) is 0 Å². The van der Waals surface area contributed by atoms with E-state index in [1.807, 2.05) is 54.6 Å². The van der Waals surface area contributed by atoms with Crippen LogP contribution in [0.2, 0.25) is 0 Å². The normalized spacial score (nSPS) is 12.9. The highest BCUT2D eigenvalue weighted by Gasteiger charge is 2.39. The SMILES string of the molecule is COc1cc(C(OC)(c2ccc3c(c2)c(-c2ccccc2)cc(=O)n3C)c2cnc[nH]2)ccn1.CP(C)(C)=O. The van der Waals surface area contributed by atoms with E-state index in [0.29, 0.717) is 5.88 Å². The molecular weight excluding hydrogens is 511 g/mol. The second kappa shape index (κ2) is 11.4. The molecule has 202 valence electrons. The van der Waals surface area contributed by atoms with Crippen LogP contribution in [0.15, 0.2) is 90.2 Å². The molecule has 0 fully saturated rings. The Balaban J connectivity index is 0.000000648. The van der Waals surface area contributed by atoms with Gasteiger partial charge in [0.2, 0.25) is 5.88 Å². The fourth-order valence-electron chi connectivity index (χ4n) is 4.55.